The van der Waals surface area contributed by atoms with Crippen LogP contribution in [0.25, 0.3) is 0 Å². The van der Waals surface area contributed by atoms with Crippen molar-refractivity contribution in [1.82, 2.24) is 0 Å². The minimum atomic E-state index is -1.18. The number of hydrogen-bond acceptors (Lipinski definition) is 3. The average Bonchev–Trinajstić information content (AvgIpc) is 2.39. The van der Waals surface area contributed by atoms with Crippen LogP contribution in [0.1, 0.15) is 39.0 Å². The van der Waals surface area contributed by atoms with Gasteiger partial charge in [-0.25, -0.2) is 4.39 Å². The van der Waals surface area contributed by atoms with Gasteiger partial charge in [-0.1, -0.05) is 6.92 Å². The maximum atomic E-state index is 14.7. The summed E-state index contributed by atoms with van der Waals surface area (Å²) in [6, 6.07) is 0. The van der Waals surface area contributed by atoms with Crippen LogP contribution in [0.2, 0.25) is 0 Å². The Morgan fingerprint density at radius 2 is 2.18 bits per heavy atom. The molecular formula is C13H24FNOS. The molecule has 2 fully saturated rings. The third-order valence-electron chi connectivity index (χ3n) is 4.56. The van der Waals surface area contributed by atoms with Gasteiger partial charge in [-0.05, 0) is 49.5 Å². The number of hydrogen-bond donors (Lipinski definition) is 1. The summed E-state index contributed by atoms with van der Waals surface area (Å²) in [4.78, 5) is 0. The summed E-state index contributed by atoms with van der Waals surface area (Å²) in [6.45, 7) is 2.77. The van der Waals surface area contributed by atoms with E-state index in [-0.39, 0.29) is 18.1 Å². The summed E-state index contributed by atoms with van der Waals surface area (Å²) in [5.74, 6) is 2.40. The Bertz CT molecular complexity index is 246. The summed E-state index contributed by atoms with van der Waals surface area (Å²) < 4.78 is 20.7. The molecule has 0 saturated carbocycles. The number of thioether (sulfide) groups is 1. The maximum absolute atomic E-state index is 14.7. The first-order valence-electron chi connectivity index (χ1n) is 6.75. The van der Waals surface area contributed by atoms with Gasteiger partial charge in [0.05, 0.1) is 5.60 Å². The van der Waals surface area contributed by atoms with Crippen LogP contribution in [0.3, 0.4) is 0 Å². The van der Waals surface area contributed by atoms with Gasteiger partial charge in [0.2, 0.25) is 0 Å². The van der Waals surface area contributed by atoms with Crippen molar-refractivity contribution in [3.05, 3.63) is 0 Å². The van der Waals surface area contributed by atoms with Gasteiger partial charge >= 0.3 is 0 Å². The standard InChI is InChI=1S/C13H24FNOS/c1-2-13(14,10-15)11-3-6-16-12(9-11)4-7-17-8-5-12/h11H,2-10,15H2,1H3. The number of rotatable bonds is 3. The number of alkyl halides is 1. The molecule has 0 bridgehead atoms. The molecule has 2 saturated heterocycles. The Hall–Kier alpha value is 0.200. The van der Waals surface area contributed by atoms with Gasteiger partial charge in [0.1, 0.15) is 5.67 Å². The topological polar surface area (TPSA) is 35.2 Å². The van der Waals surface area contributed by atoms with Gasteiger partial charge in [0, 0.05) is 13.2 Å². The lowest BCUT2D eigenvalue weighted by molar-refractivity contribution is -0.128. The van der Waals surface area contributed by atoms with Crippen LogP contribution in [0, 0.1) is 5.92 Å². The van der Waals surface area contributed by atoms with E-state index >= 15 is 0 Å². The summed E-state index contributed by atoms with van der Waals surface area (Å²) in [7, 11) is 0. The molecule has 2 aliphatic rings. The molecule has 0 aromatic rings. The van der Waals surface area contributed by atoms with Gasteiger partial charge in [-0.2, -0.15) is 11.8 Å². The Balaban J connectivity index is 2.05. The molecule has 4 heteroatoms. The maximum Gasteiger partial charge on any atom is 0.125 e. The second kappa shape index (κ2) is 5.45. The Morgan fingerprint density at radius 1 is 1.47 bits per heavy atom. The molecule has 2 aliphatic heterocycles. The van der Waals surface area contributed by atoms with Crippen molar-refractivity contribution in [2.45, 2.75) is 50.3 Å². The van der Waals surface area contributed by atoms with Gasteiger partial charge in [0.15, 0.2) is 0 Å². The van der Waals surface area contributed by atoms with Crippen molar-refractivity contribution in [3.63, 3.8) is 0 Å². The first-order valence-corrected chi connectivity index (χ1v) is 7.90. The van der Waals surface area contributed by atoms with Crippen LogP contribution in [0.4, 0.5) is 4.39 Å². The van der Waals surface area contributed by atoms with E-state index in [1.54, 1.807) is 0 Å². The molecule has 0 aliphatic carbocycles. The summed E-state index contributed by atoms with van der Waals surface area (Å²) >= 11 is 1.98. The zero-order valence-electron chi connectivity index (χ0n) is 10.7. The van der Waals surface area contributed by atoms with Crippen LogP contribution < -0.4 is 5.73 Å². The minimum Gasteiger partial charge on any atom is -0.375 e. The third-order valence-corrected chi connectivity index (χ3v) is 5.54. The van der Waals surface area contributed by atoms with Crippen LogP contribution in [0.5, 0.6) is 0 Å². The highest BCUT2D eigenvalue weighted by molar-refractivity contribution is 7.99. The van der Waals surface area contributed by atoms with Gasteiger partial charge < -0.3 is 10.5 Å². The zero-order chi connectivity index (χ0) is 12.4. The second-order valence-electron chi connectivity index (χ2n) is 5.43. The lowest BCUT2D eigenvalue weighted by atomic mass is 9.73. The second-order valence-corrected chi connectivity index (χ2v) is 6.65. The van der Waals surface area contributed by atoms with Crippen LogP contribution in [-0.2, 0) is 4.74 Å². The molecule has 2 atom stereocenters. The number of halogens is 1. The van der Waals surface area contributed by atoms with E-state index in [0.717, 1.165) is 37.2 Å². The van der Waals surface area contributed by atoms with E-state index in [2.05, 4.69) is 0 Å². The van der Waals surface area contributed by atoms with Crippen molar-refractivity contribution >= 4 is 11.8 Å². The largest absolute Gasteiger partial charge is 0.375 e. The highest BCUT2D eigenvalue weighted by Gasteiger charge is 2.46. The van der Waals surface area contributed by atoms with E-state index in [1.807, 2.05) is 18.7 Å². The van der Waals surface area contributed by atoms with Crippen LogP contribution in [-0.4, -0.2) is 35.9 Å². The molecule has 100 valence electrons. The quantitative estimate of drug-likeness (QED) is 0.848. The van der Waals surface area contributed by atoms with Crippen molar-refractivity contribution in [2.24, 2.45) is 11.7 Å². The third kappa shape index (κ3) is 2.79. The number of nitrogens with two attached hydrogens (primary N) is 1. The Morgan fingerprint density at radius 3 is 2.76 bits per heavy atom. The monoisotopic (exact) mass is 261 g/mol. The predicted octanol–water partition coefficient (Wildman–Crippen LogP) is 2.76. The van der Waals surface area contributed by atoms with E-state index in [9.17, 15) is 4.39 Å². The van der Waals surface area contributed by atoms with Crippen LogP contribution >= 0.6 is 11.8 Å². The molecule has 0 amide bonds. The first-order chi connectivity index (χ1) is 8.14. The van der Waals surface area contributed by atoms with Crippen LogP contribution in [0.15, 0.2) is 0 Å². The zero-order valence-corrected chi connectivity index (χ0v) is 11.5. The highest BCUT2D eigenvalue weighted by atomic mass is 32.2. The smallest absolute Gasteiger partial charge is 0.125 e. The first kappa shape index (κ1) is 13.6. The molecule has 2 rings (SSSR count). The SMILES string of the molecule is CCC(F)(CN)C1CCOC2(CCSCC2)C1. The van der Waals surface area contributed by atoms with E-state index in [0.29, 0.717) is 13.0 Å². The van der Waals surface area contributed by atoms with Crippen molar-refractivity contribution in [2.75, 3.05) is 24.7 Å². The highest BCUT2D eigenvalue weighted by Crippen LogP contribution is 2.44. The summed E-state index contributed by atoms with van der Waals surface area (Å²) in [5, 5.41) is 0. The van der Waals surface area contributed by atoms with Gasteiger partial charge in [-0.15, -0.1) is 0 Å². The molecular weight excluding hydrogens is 237 g/mol. The Kier molecular flexibility index (Phi) is 4.37. The molecule has 0 aromatic heterocycles. The summed E-state index contributed by atoms with van der Waals surface area (Å²) in [6.07, 6.45) is 4.39. The molecule has 0 radical (unpaired) electrons. The predicted molar refractivity (Wildman–Crippen MR) is 71.2 cm³/mol. The lowest BCUT2D eigenvalue weighted by Gasteiger charge is -2.46. The van der Waals surface area contributed by atoms with Crippen molar-refractivity contribution < 1.29 is 9.13 Å². The van der Waals surface area contributed by atoms with E-state index < -0.39 is 5.67 Å². The fourth-order valence-electron chi connectivity index (χ4n) is 3.16. The molecule has 17 heavy (non-hydrogen) atoms. The fourth-order valence-corrected chi connectivity index (χ4v) is 4.40. The summed E-state index contributed by atoms with van der Waals surface area (Å²) in [5.41, 5.74) is 4.44. The molecule has 2 nitrogen and oxygen atoms in total. The van der Waals surface area contributed by atoms with E-state index in [4.69, 9.17) is 10.5 Å². The van der Waals surface area contributed by atoms with Gasteiger partial charge in [-0.3, -0.25) is 0 Å². The Labute approximate surface area is 108 Å². The average molecular weight is 261 g/mol. The molecule has 1 spiro atoms. The van der Waals surface area contributed by atoms with Crippen molar-refractivity contribution in [1.29, 1.82) is 0 Å². The molecule has 2 N–H and O–H groups in total. The molecule has 2 unspecified atom stereocenters. The fraction of sp³-hybridized carbons (Fsp3) is 1.00. The minimum absolute atomic E-state index is 0.0319. The van der Waals surface area contributed by atoms with Gasteiger partial charge in [0.25, 0.3) is 0 Å². The van der Waals surface area contributed by atoms with E-state index in [1.165, 1.54) is 0 Å². The number of ether oxygens (including phenoxy) is 1. The normalized spacial score (nSPS) is 32.3. The molecule has 0 aromatic carbocycles. The lowest BCUT2D eigenvalue weighted by Crippen LogP contribution is -2.50. The van der Waals surface area contributed by atoms with Crippen molar-refractivity contribution in [3.8, 4) is 0 Å². The molecule has 2 heterocycles.